The first-order chi connectivity index (χ1) is 16.5. The first-order valence-electron chi connectivity index (χ1n) is 10.8. The van der Waals surface area contributed by atoms with E-state index in [2.05, 4.69) is 16.4 Å². The standard InChI is InChI=1S/C26H19ClFN3O3/c27-24-16(14-3-1-4-15(28)11-14)5-2-6-18(24)26-31-22-12-19-17(20(13-29)25(22)34-26)7-8-21(19)30-10-9-23(32)33/h1-6,11-12,21,30H,7-10H2,(H,32,33)/t21-/m1/s1. The zero-order valence-corrected chi connectivity index (χ0v) is 18.7. The summed E-state index contributed by atoms with van der Waals surface area (Å²) in [6.07, 6.45) is 1.48. The lowest BCUT2D eigenvalue weighted by atomic mass is 10.0. The minimum Gasteiger partial charge on any atom is -0.481 e. The van der Waals surface area contributed by atoms with Crippen molar-refractivity contribution in [3.05, 3.63) is 76.1 Å². The van der Waals surface area contributed by atoms with Crippen LogP contribution in [0.15, 0.2) is 52.9 Å². The number of carboxylic acid groups (broad SMARTS) is 1. The molecule has 4 aromatic rings. The van der Waals surface area contributed by atoms with E-state index in [1.165, 1.54) is 12.1 Å². The number of nitrogens with zero attached hydrogens (tertiary/aromatic N) is 2. The van der Waals surface area contributed by atoms with Crippen LogP contribution in [0, 0.1) is 17.1 Å². The smallest absolute Gasteiger partial charge is 0.304 e. The van der Waals surface area contributed by atoms with Crippen LogP contribution in [0.5, 0.6) is 0 Å². The molecule has 1 aliphatic carbocycles. The predicted molar refractivity (Wildman–Crippen MR) is 126 cm³/mol. The summed E-state index contributed by atoms with van der Waals surface area (Å²) in [6, 6.07) is 15.6. The topological polar surface area (TPSA) is 99.2 Å². The highest BCUT2D eigenvalue weighted by atomic mass is 35.5. The third-order valence-corrected chi connectivity index (χ3v) is 6.49. The van der Waals surface area contributed by atoms with Crippen molar-refractivity contribution < 1.29 is 18.7 Å². The van der Waals surface area contributed by atoms with Gasteiger partial charge >= 0.3 is 5.97 Å². The number of hydrogen-bond acceptors (Lipinski definition) is 5. The number of halogens is 2. The summed E-state index contributed by atoms with van der Waals surface area (Å²) in [5.41, 5.74) is 5.02. The fourth-order valence-electron chi connectivity index (χ4n) is 4.52. The maximum absolute atomic E-state index is 13.8. The van der Waals surface area contributed by atoms with E-state index < -0.39 is 5.97 Å². The van der Waals surface area contributed by atoms with Crippen LogP contribution in [-0.2, 0) is 11.2 Å². The summed E-state index contributed by atoms with van der Waals surface area (Å²) in [4.78, 5) is 15.5. The number of nitriles is 1. The fraction of sp³-hybridized carbons (Fsp3) is 0.192. The number of aliphatic carboxylic acids is 1. The normalized spacial score (nSPS) is 14.8. The van der Waals surface area contributed by atoms with E-state index >= 15 is 0 Å². The number of aromatic nitrogens is 1. The van der Waals surface area contributed by atoms with Crippen molar-refractivity contribution in [3.63, 3.8) is 0 Å². The highest BCUT2D eigenvalue weighted by Gasteiger charge is 2.29. The summed E-state index contributed by atoms with van der Waals surface area (Å²) < 4.78 is 19.8. The molecule has 0 amide bonds. The lowest BCUT2D eigenvalue weighted by molar-refractivity contribution is -0.136. The van der Waals surface area contributed by atoms with Crippen LogP contribution in [-0.4, -0.2) is 22.6 Å². The third kappa shape index (κ3) is 3.92. The summed E-state index contributed by atoms with van der Waals surface area (Å²) in [7, 11) is 0. The molecule has 1 aromatic heterocycles. The van der Waals surface area contributed by atoms with Gasteiger partial charge in [0, 0.05) is 18.2 Å². The molecule has 0 saturated carbocycles. The molecule has 0 unspecified atom stereocenters. The molecule has 5 rings (SSSR count). The van der Waals surface area contributed by atoms with E-state index in [9.17, 15) is 14.4 Å². The van der Waals surface area contributed by atoms with Gasteiger partial charge in [-0.1, -0.05) is 35.9 Å². The monoisotopic (exact) mass is 475 g/mol. The van der Waals surface area contributed by atoms with Crippen molar-refractivity contribution >= 4 is 28.7 Å². The van der Waals surface area contributed by atoms with Gasteiger partial charge in [0.1, 0.15) is 23.0 Å². The van der Waals surface area contributed by atoms with Gasteiger partial charge in [-0.25, -0.2) is 9.37 Å². The Kier molecular flexibility index (Phi) is 5.78. The number of benzene rings is 3. The maximum atomic E-state index is 13.8. The average molecular weight is 476 g/mol. The Hall–Kier alpha value is -3.73. The molecule has 1 heterocycles. The van der Waals surface area contributed by atoms with E-state index in [1.54, 1.807) is 30.3 Å². The predicted octanol–water partition coefficient (Wildman–Crippen LogP) is 5.88. The number of hydrogen-bond donors (Lipinski definition) is 2. The van der Waals surface area contributed by atoms with Gasteiger partial charge in [0.05, 0.1) is 17.0 Å². The second-order valence-electron chi connectivity index (χ2n) is 8.17. The maximum Gasteiger partial charge on any atom is 0.304 e. The zero-order valence-electron chi connectivity index (χ0n) is 17.9. The Morgan fingerprint density at radius 3 is 2.82 bits per heavy atom. The zero-order chi connectivity index (χ0) is 23.8. The number of oxazole rings is 1. The number of rotatable bonds is 6. The fourth-order valence-corrected chi connectivity index (χ4v) is 4.84. The molecular weight excluding hydrogens is 457 g/mol. The van der Waals surface area contributed by atoms with E-state index in [4.69, 9.17) is 21.1 Å². The van der Waals surface area contributed by atoms with E-state index in [1.807, 2.05) is 6.07 Å². The average Bonchev–Trinajstić information content (AvgIpc) is 3.41. The van der Waals surface area contributed by atoms with Crippen LogP contribution in [0.3, 0.4) is 0 Å². The van der Waals surface area contributed by atoms with Gasteiger partial charge in [0.15, 0.2) is 5.58 Å². The Morgan fingerprint density at radius 1 is 1.26 bits per heavy atom. The highest BCUT2D eigenvalue weighted by molar-refractivity contribution is 6.36. The van der Waals surface area contributed by atoms with Gasteiger partial charge < -0.3 is 14.8 Å². The van der Waals surface area contributed by atoms with Gasteiger partial charge in [-0.3, -0.25) is 4.79 Å². The molecule has 0 radical (unpaired) electrons. The molecule has 1 aliphatic rings. The number of carbonyl (C=O) groups is 1. The molecule has 8 heteroatoms. The highest BCUT2D eigenvalue weighted by Crippen LogP contribution is 2.41. The van der Waals surface area contributed by atoms with Crippen molar-refractivity contribution in [3.8, 4) is 28.7 Å². The Morgan fingerprint density at radius 2 is 2.06 bits per heavy atom. The van der Waals surface area contributed by atoms with Gasteiger partial charge in [0.2, 0.25) is 5.89 Å². The first-order valence-corrected chi connectivity index (χ1v) is 11.2. The molecular formula is C26H19ClFN3O3. The van der Waals surface area contributed by atoms with Crippen molar-refractivity contribution in [1.82, 2.24) is 10.3 Å². The molecule has 2 N–H and O–H groups in total. The second-order valence-corrected chi connectivity index (χ2v) is 8.54. The Balaban J connectivity index is 1.57. The molecule has 34 heavy (non-hydrogen) atoms. The van der Waals surface area contributed by atoms with Crippen LogP contribution in [0.25, 0.3) is 33.7 Å². The third-order valence-electron chi connectivity index (χ3n) is 6.09. The van der Waals surface area contributed by atoms with Crippen LogP contribution in [0.1, 0.15) is 35.6 Å². The van der Waals surface area contributed by atoms with Crippen molar-refractivity contribution in [1.29, 1.82) is 5.26 Å². The molecule has 0 bridgehead atoms. The van der Waals surface area contributed by atoms with E-state index in [0.29, 0.717) is 51.3 Å². The summed E-state index contributed by atoms with van der Waals surface area (Å²) >= 11 is 6.69. The number of fused-ring (bicyclic) bond motifs is 2. The lowest BCUT2D eigenvalue weighted by Gasteiger charge is -2.13. The molecule has 170 valence electrons. The van der Waals surface area contributed by atoms with Crippen LogP contribution >= 0.6 is 11.6 Å². The van der Waals surface area contributed by atoms with Crippen LogP contribution in [0.2, 0.25) is 5.02 Å². The van der Waals surface area contributed by atoms with Crippen molar-refractivity contribution in [2.75, 3.05) is 6.54 Å². The quantitative estimate of drug-likeness (QED) is 0.361. The molecule has 0 saturated heterocycles. The van der Waals surface area contributed by atoms with Gasteiger partial charge in [-0.15, -0.1) is 0 Å². The van der Waals surface area contributed by atoms with Gasteiger partial charge in [-0.2, -0.15) is 5.26 Å². The molecule has 3 aromatic carbocycles. The minimum atomic E-state index is -0.864. The van der Waals surface area contributed by atoms with Crippen molar-refractivity contribution in [2.45, 2.75) is 25.3 Å². The van der Waals surface area contributed by atoms with Gasteiger partial charge in [-0.05, 0) is 53.8 Å². The molecule has 0 aliphatic heterocycles. The van der Waals surface area contributed by atoms with Gasteiger partial charge in [0.25, 0.3) is 0 Å². The van der Waals surface area contributed by atoms with Crippen LogP contribution in [0.4, 0.5) is 4.39 Å². The lowest BCUT2D eigenvalue weighted by Crippen LogP contribution is -2.22. The largest absolute Gasteiger partial charge is 0.481 e. The number of carboxylic acids is 1. The molecule has 1 atom stereocenters. The number of nitrogens with one attached hydrogen (secondary N) is 1. The summed E-state index contributed by atoms with van der Waals surface area (Å²) in [6.45, 7) is 0.339. The summed E-state index contributed by atoms with van der Waals surface area (Å²) in [5.74, 6) is -0.952. The summed E-state index contributed by atoms with van der Waals surface area (Å²) in [5, 5.41) is 22.4. The Labute approximate surface area is 199 Å². The second kappa shape index (κ2) is 8.90. The van der Waals surface area contributed by atoms with E-state index in [0.717, 1.165) is 17.5 Å². The SMILES string of the molecule is N#Cc1c2c(cc3nc(-c4cccc(-c5cccc(F)c5)c4Cl)oc13)[C@H](NCCC(=O)O)CC2. The van der Waals surface area contributed by atoms with E-state index in [-0.39, 0.29) is 24.2 Å². The minimum absolute atomic E-state index is 0.0213. The molecule has 0 spiro atoms. The first kappa shape index (κ1) is 22.1. The Bertz CT molecular complexity index is 1470. The van der Waals surface area contributed by atoms with Crippen molar-refractivity contribution in [2.24, 2.45) is 0 Å². The van der Waals surface area contributed by atoms with Crippen LogP contribution < -0.4 is 5.32 Å². The molecule has 0 fully saturated rings. The molecule has 6 nitrogen and oxygen atoms in total.